The highest BCUT2D eigenvalue weighted by Crippen LogP contribution is 2.36. The van der Waals surface area contributed by atoms with E-state index in [9.17, 15) is 19.2 Å². The van der Waals surface area contributed by atoms with E-state index in [-0.39, 0.29) is 30.6 Å². The van der Waals surface area contributed by atoms with Crippen molar-refractivity contribution in [2.75, 3.05) is 33.2 Å². The Hall–Kier alpha value is -3.02. The van der Waals surface area contributed by atoms with Crippen LogP contribution in [0.4, 0.5) is 4.39 Å². The van der Waals surface area contributed by atoms with Crippen LogP contribution in [0.3, 0.4) is 0 Å². The topological polar surface area (TPSA) is 89.6 Å². The van der Waals surface area contributed by atoms with Gasteiger partial charge in [0.25, 0.3) is 5.91 Å². The zero-order valence-electron chi connectivity index (χ0n) is 20.0. The summed E-state index contributed by atoms with van der Waals surface area (Å²) >= 11 is 0. The van der Waals surface area contributed by atoms with E-state index in [1.165, 1.54) is 12.3 Å². The molecule has 2 aliphatic heterocycles. The van der Waals surface area contributed by atoms with Gasteiger partial charge in [-0.3, -0.25) is 9.59 Å². The number of carbonyl (C=O) groups excluding carboxylic acids is 2. The minimum atomic E-state index is -0.569. The largest absolute Gasteiger partial charge is 0.464 e. The van der Waals surface area contributed by atoms with E-state index in [0.717, 1.165) is 32.4 Å². The third kappa shape index (κ3) is 5.02. The number of Topliss-reactive ketones (excluding diaryl/α,β-unsaturated/α-hetero) is 1. The van der Waals surface area contributed by atoms with Gasteiger partial charge in [0.2, 0.25) is 0 Å². The quantitative estimate of drug-likeness (QED) is 0.657. The van der Waals surface area contributed by atoms with Crippen LogP contribution in [0.5, 0.6) is 0 Å². The summed E-state index contributed by atoms with van der Waals surface area (Å²) < 4.78 is 20.5. The molecule has 5 rings (SSSR count). The van der Waals surface area contributed by atoms with Gasteiger partial charge >= 0.3 is 0 Å². The van der Waals surface area contributed by atoms with E-state index in [1.54, 1.807) is 23.1 Å². The second-order valence-corrected chi connectivity index (χ2v) is 10.2. The van der Waals surface area contributed by atoms with E-state index in [0.29, 0.717) is 47.5 Å². The van der Waals surface area contributed by atoms with Gasteiger partial charge in [0.1, 0.15) is 17.8 Å². The lowest BCUT2D eigenvalue weighted by atomic mass is 9.88. The Balaban J connectivity index is 1.22. The predicted octanol–water partition coefficient (Wildman–Crippen LogP) is 3.26. The van der Waals surface area contributed by atoms with Crippen molar-refractivity contribution in [2.45, 2.75) is 44.2 Å². The molecule has 184 valence electrons. The molecule has 2 aromatic rings. The van der Waals surface area contributed by atoms with Gasteiger partial charge < -0.3 is 19.5 Å². The molecule has 1 amide bonds. The highest BCUT2D eigenvalue weighted by atomic mass is 19.1. The first-order valence-electron chi connectivity index (χ1n) is 12.4. The number of benzene rings is 1. The molecule has 0 spiro atoms. The molecule has 35 heavy (non-hydrogen) atoms. The lowest BCUT2D eigenvalue weighted by molar-refractivity contribution is -0.122. The SMILES string of the molecule is CN1CCN(C(=O)c2coc(-c3ccc(C[C@@H](C#N)CC(=O)[C@H]4N[C@@H]5CC[C@H]4C5)c(F)c3)c2)CC1. The number of rotatable bonds is 7. The number of halogens is 1. The molecule has 2 saturated heterocycles. The fourth-order valence-corrected chi connectivity index (χ4v) is 5.67. The Bertz CT molecular complexity index is 1150. The molecular formula is C27H31FN4O3. The minimum absolute atomic E-state index is 0.0638. The lowest BCUT2D eigenvalue weighted by Crippen LogP contribution is -2.47. The number of hydrogen-bond donors (Lipinski definition) is 1. The monoisotopic (exact) mass is 478 g/mol. The lowest BCUT2D eigenvalue weighted by Gasteiger charge is -2.32. The fraction of sp³-hybridized carbons (Fsp3) is 0.519. The Kier molecular flexibility index (Phi) is 6.72. The average Bonchev–Trinajstić information content (AvgIpc) is 3.62. The molecule has 1 aromatic carbocycles. The summed E-state index contributed by atoms with van der Waals surface area (Å²) in [5.74, 6) is -0.242. The van der Waals surface area contributed by atoms with Crippen LogP contribution in [-0.2, 0) is 11.2 Å². The van der Waals surface area contributed by atoms with Crippen LogP contribution in [0.2, 0.25) is 0 Å². The van der Waals surface area contributed by atoms with Crippen LogP contribution in [0.15, 0.2) is 34.9 Å². The molecule has 3 fully saturated rings. The first-order chi connectivity index (χ1) is 16.9. The van der Waals surface area contributed by atoms with Crippen molar-refractivity contribution in [3.8, 4) is 17.4 Å². The summed E-state index contributed by atoms with van der Waals surface area (Å²) in [7, 11) is 2.03. The van der Waals surface area contributed by atoms with Crippen molar-refractivity contribution in [2.24, 2.45) is 11.8 Å². The van der Waals surface area contributed by atoms with Crippen LogP contribution in [0, 0.1) is 29.0 Å². The zero-order valence-corrected chi connectivity index (χ0v) is 20.0. The van der Waals surface area contributed by atoms with E-state index in [2.05, 4.69) is 16.3 Å². The number of likely N-dealkylation sites (N-methyl/N-ethyl adjacent to an activating group) is 1. The second-order valence-electron chi connectivity index (χ2n) is 10.2. The molecule has 4 atom stereocenters. The second kappa shape index (κ2) is 9.92. The molecule has 0 unspecified atom stereocenters. The summed E-state index contributed by atoms with van der Waals surface area (Å²) in [6.45, 7) is 2.99. The maximum atomic E-state index is 15.0. The van der Waals surface area contributed by atoms with Crippen molar-refractivity contribution < 1.29 is 18.4 Å². The number of fused-ring (bicyclic) bond motifs is 2. The number of furan rings is 1. The average molecular weight is 479 g/mol. The van der Waals surface area contributed by atoms with Crippen LogP contribution in [0.25, 0.3) is 11.3 Å². The molecule has 1 aliphatic carbocycles. The maximum absolute atomic E-state index is 15.0. The molecule has 7 nitrogen and oxygen atoms in total. The van der Waals surface area contributed by atoms with Crippen LogP contribution in [-0.4, -0.2) is 66.8 Å². The Morgan fingerprint density at radius 1 is 1.23 bits per heavy atom. The van der Waals surface area contributed by atoms with Gasteiger partial charge in [0.05, 0.1) is 23.6 Å². The summed E-state index contributed by atoms with van der Waals surface area (Å²) in [6, 6.07) is 8.85. The van der Waals surface area contributed by atoms with E-state index < -0.39 is 11.7 Å². The Morgan fingerprint density at radius 3 is 2.69 bits per heavy atom. The van der Waals surface area contributed by atoms with Gasteiger partial charge in [-0.1, -0.05) is 12.1 Å². The molecule has 1 saturated carbocycles. The number of ketones is 1. The van der Waals surface area contributed by atoms with Gasteiger partial charge in [-0.05, 0) is 56.3 Å². The summed E-state index contributed by atoms with van der Waals surface area (Å²) in [6.07, 6.45) is 4.96. The minimum Gasteiger partial charge on any atom is -0.464 e. The van der Waals surface area contributed by atoms with Crippen molar-refractivity contribution in [3.05, 3.63) is 47.5 Å². The predicted molar refractivity (Wildman–Crippen MR) is 128 cm³/mol. The first-order valence-corrected chi connectivity index (χ1v) is 12.4. The number of amides is 1. The number of nitrogens with one attached hydrogen (secondary N) is 1. The number of piperazine rings is 1. The normalized spacial score (nSPS) is 24.9. The third-order valence-corrected chi connectivity index (χ3v) is 7.78. The standard InChI is InChI=1S/C27H31FN4O3/c1-31-6-8-32(9-7-31)27(34)21-14-25(35-16-21)19-3-2-18(23(28)13-19)10-17(15-29)11-24(33)26-20-4-5-22(12-20)30-26/h2-3,13-14,16-17,20,22,26,30H,4-12H2,1H3/t17-,20+,22-,26+/m1/s1. The number of piperidine rings is 1. The van der Waals surface area contributed by atoms with E-state index >= 15 is 0 Å². The van der Waals surface area contributed by atoms with Gasteiger partial charge in [0, 0.05) is 44.2 Å². The van der Waals surface area contributed by atoms with Gasteiger partial charge in [0.15, 0.2) is 5.78 Å². The fourth-order valence-electron chi connectivity index (χ4n) is 5.67. The molecular weight excluding hydrogens is 447 g/mol. The molecule has 3 heterocycles. The van der Waals surface area contributed by atoms with Crippen LogP contribution >= 0.6 is 0 Å². The van der Waals surface area contributed by atoms with Crippen molar-refractivity contribution in [1.29, 1.82) is 5.26 Å². The van der Waals surface area contributed by atoms with Crippen LogP contribution < -0.4 is 5.32 Å². The molecule has 2 bridgehead atoms. The summed E-state index contributed by atoms with van der Waals surface area (Å²) in [4.78, 5) is 29.5. The van der Waals surface area contributed by atoms with Crippen molar-refractivity contribution >= 4 is 11.7 Å². The molecule has 3 aliphatic rings. The van der Waals surface area contributed by atoms with Crippen molar-refractivity contribution in [3.63, 3.8) is 0 Å². The van der Waals surface area contributed by atoms with E-state index in [1.807, 2.05) is 7.05 Å². The number of hydrogen-bond acceptors (Lipinski definition) is 6. The van der Waals surface area contributed by atoms with E-state index in [4.69, 9.17) is 4.42 Å². The van der Waals surface area contributed by atoms with Crippen LogP contribution in [0.1, 0.15) is 41.6 Å². The number of nitriles is 1. The highest BCUT2D eigenvalue weighted by Gasteiger charge is 2.42. The Morgan fingerprint density at radius 2 is 2.03 bits per heavy atom. The Labute approximate surface area is 204 Å². The van der Waals surface area contributed by atoms with Gasteiger partial charge in [-0.2, -0.15) is 5.26 Å². The maximum Gasteiger partial charge on any atom is 0.257 e. The highest BCUT2D eigenvalue weighted by molar-refractivity contribution is 5.95. The van der Waals surface area contributed by atoms with Crippen molar-refractivity contribution in [1.82, 2.24) is 15.1 Å². The summed E-state index contributed by atoms with van der Waals surface area (Å²) in [5.41, 5.74) is 1.38. The molecule has 1 aromatic heterocycles. The van der Waals surface area contributed by atoms with Gasteiger partial charge in [-0.25, -0.2) is 4.39 Å². The molecule has 1 N–H and O–H groups in total. The molecule has 8 heteroatoms. The van der Waals surface area contributed by atoms with Gasteiger partial charge in [-0.15, -0.1) is 0 Å². The zero-order chi connectivity index (χ0) is 24.5. The first kappa shape index (κ1) is 23.7. The third-order valence-electron chi connectivity index (χ3n) is 7.78. The number of carbonyl (C=O) groups is 2. The number of nitrogens with zero attached hydrogens (tertiary/aromatic N) is 3. The smallest absolute Gasteiger partial charge is 0.257 e. The molecule has 0 radical (unpaired) electrons. The summed E-state index contributed by atoms with van der Waals surface area (Å²) in [5, 5.41) is 13.0.